The van der Waals surface area contributed by atoms with Crippen molar-refractivity contribution in [3.63, 3.8) is 0 Å². The van der Waals surface area contributed by atoms with E-state index in [9.17, 15) is 0 Å². The molecule has 2 heteroatoms. The first kappa shape index (κ1) is 16.4. The second-order valence-electron chi connectivity index (χ2n) is 5.33. The van der Waals surface area contributed by atoms with Crippen molar-refractivity contribution in [3.8, 4) is 0 Å². The molecule has 108 valence electrons. The van der Waals surface area contributed by atoms with Crippen LogP contribution in [0, 0.1) is 0 Å². The summed E-state index contributed by atoms with van der Waals surface area (Å²) in [6, 6.07) is 21.1. The SMILES string of the molecule is C[C@@H](N)Cc1ccccc1.C[C@H](N)Cc1ccccc1. The molecule has 0 aromatic heterocycles. The zero-order valence-corrected chi connectivity index (χ0v) is 12.5. The highest BCUT2D eigenvalue weighted by molar-refractivity contribution is 5.16. The minimum Gasteiger partial charge on any atom is -0.328 e. The maximum Gasteiger partial charge on any atom is 0.00509 e. The smallest absolute Gasteiger partial charge is 0.00509 e. The monoisotopic (exact) mass is 270 g/mol. The molecule has 0 aliphatic rings. The molecule has 0 heterocycles. The molecule has 20 heavy (non-hydrogen) atoms. The summed E-state index contributed by atoms with van der Waals surface area (Å²) < 4.78 is 0. The van der Waals surface area contributed by atoms with Crippen LogP contribution in [0.25, 0.3) is 0 Å². The maximum atomic E-state index is 5.62. The topological polar surface area (TPSA) is 52.0 Å². The summed E-state index contributed by atoms with van der Waals surface area (Å²) >= 11 is 0. The van der Waals surface area contributed by atoms with Gasteiger partial charge in [-0.05, 0) is 37.8 Å². The molecule has 0 aliphatic heterocycles. The van der Waals surface area contributed by atoms with Crippen molar-refractivity contribution in [1.82, 2.24) is 0 Å². The fourth-order valence-corrected chi connectivity index (χ4v) is 1.97. The summed E-state index contributed by atoms with van der Waals surface area (Å²) in [7, 11) is 0. The normalized spacial score (nSPS) is 13.0. The third-order valence-corrected chi connectivity index (χ3v) is 2.80. The minimum atomic E-state index is 0.266. The predicted octanol–water partition coefficient (Wildman–Crippen LogP) is 3.15. The lowest BCUT2D eigenvalue weighted by molar-refractivity contribution is 0.738. The third kappa shape index (κ3) is 7.72. The van der Waals surface area contributed by atoms with Gasteiger partial charge in [0.05, 0.1) is 0 Å². The summed E-state index contributed by atoms with van der Waals surface area (Å²) in [6.45, 7) is 4.04. The van der Waals surface area contributed by atoms with Gasteiger partial charge in [0.1, 0.15) is 0 Å². The number of benzene rings is 2. The van der Waals surface area contributed by atoms with Gasteiger partial charge in [-0.1, -0.05) is 60.7 Å². The first-order valence-electron chi connectivity index (χ1n) is 7.17. The van der Waals surface area contributed by atoms with E-state index in [-0.39, 0.29) is 12.1 Å². The Balaban J connectivity index is 0.000000200. The predicted molar refractivity (Wildman–Crippen MR) is 87.6 cm³/mol. The molecule has 2 aromatic carbocycles. The van der Waals surface area contributed by atoms with Gasteiger partial charge in [-0.15, -0.1) is 0 Å². The molecular formula is C18H26N2. The Labute approximate surface area is 122 Å². The lowest BCUT2D eigenvalue weighted by atomic mass is 10.1. The van der Waals surface area contributed by atoms with Gasteiger partial charge < -0.3 is 11.5 Å². The van der Waals surface area contributed by atoms with Crippen LogP contribution in [0.3, 0.4) is 0 Å². The summed E-state index contributed by atoms with van der Waals surface area (Å²) in [5.74, 6) is 0. The van der Waals surface area contributed by atoms with Crippen LogP contribution in [0.5, 0.6) is 0 Å². The van der Waals surface area contributed by atoms with Crippen molar-refractivity contribution < 1.29 is 0 Å². The lowest BCUT2D eigenvalue weighted by Gasteiger charge is -2.02. The molecule has 2 rings (SSSR count). The molecule has 2 nitrogen and oxygen atoms in total. The van der Waals surface area contributed by atoms with E-state index in [4.69, 9.17) is 11.5 Å². The highest BCUT2D eigenvalue weighted by atomic mass is 14.6. The zero-order valence-electron chi connectivity index (χ0n) is 12.5. The van der Waals surface area contributed by atoms with Gasteiger partial charge in [-0.25, -0.2) is 0 Å². The van der Waals surface area contributed by atoms with Crippen molar-refractivity contribution in [2.75, 3.05) is 0 Å². The molecule has 0 saturated carbocycles. The number of rotatable bonds is 4. The van der Waals surface area contributed by atoms with Crippen molar-refractivity contribution in [3.05, 3.63) is 71.8 Å². The summed E-state index contributed by atoms with van der Waals surface area (Å²) in [5, 5.41) is 0. The van der Waals surface area contributed by atoms with Gasteiger partial charge >= 0.3 is 0 Å². The molecule has 0 aliphatic carbocycles. The molecule has 0 fully saturated rings. The molecule has 4 N–H and O–H groups in total. The highest BCUT2D eigenvalue weighted by Gasteiger charge is 1.95. The first-order chi connectivity index (χ1) is 9.58. The first-order valence-corrected chi connectivity index (χ1v) is 7.17. The van der Waals surface area contributed by atoms with Crippen LogP contribution in [0.15, 0.2) is 60.7 Å². The Morgan fingerprint density at radius 2 is 0.950 bits per heavy atom. The van der Waals surface area contributed by atoms with E-state index >= 15 is 0 Å². The largest absolute Gasteiger partial charge is 0.328 e. The highest BCUT2D eigenvalue weighted by Crippen LogP contribution is 2.01. The molecular weight excluding hydrogens is 244 g/mol. The van der Waals surface area contributed by atoms with Crippen LogP contribution in [0.2, 0.25) is 0 Å². The standard InChI is InChI=1S/2C9H13N/c2*1-8(10)7-9-5-3-2-4-6-9/h2*2-6,8H,7,10H2,1H3/t2*8-/m10/s1. The van der Waals surface area contributed by atoms with Gasteiger partial charge in [0, 0.05) is 12.1 Å². The Hall–Kier alpha value is -1.64. The average molecular weight is 270 g/mol. The van der Waals surface area contributed by atoms with Crippen LogP contribution < -0.4 is 11.5 Å². The Morgan fingerprint density at radius 3 is 1.20 bits per heavy atom. The Kier molecular flexibility index (Phi) is 7.63. The van der Waals surface area contributed by atoms with Gasteiger partial charge in [0.2, 0.25) is 0 Å². The number of hydrogen-bond donors (Lipinski definition) is 2. The summed E-state index contributed by atoms with van der Waals surface area (Å²) in [4.78, 5) is 0. The molecule has 0 spiro atoms. The second-order valence-corrected chi connectivity index (χ2v) is 5.33. The van der Waals surface area contributed by atoms with Gasteiger partial charge in [0.15, 0.2) is 0 Å². The van der Waals surface area contributed by atoms with Crippen LogP contribution >= 0.6 is 0 Å². The van der Waals surface area contributed by atoms with Gasteiger partial charge in [-0.2, -0.15) is 0 Å². The van der Waals surface area contributed by atoms with E-state index < -0.39 is 0 Å². The molecule has 0 amide bonds. The lowest BCUT2D eigenvalue weighted by Crippen LogP contribution is -2.17. The van der Waals surface area contributed by atoms with E-state index in [1.54, 1.807) is 0 Å². The zero-order chi connectivity index (χ0) is 14.8. The number of hydrogen-bond acceptors (Lipinski definition) is 2. The van der Waals surface area contributed by atoms with Crippen molar-refractivity contribution in [1.29, 1.82) is 0 Å². The van der Waals surface area contributed by atoms with Crippen molar-refractivity contribution >= 4 is 0 Å². The van der Waals surface area contributed by atoms with Gasteiger partial charge in [0.25, 0.3) is 0 Å². The number of nitrogens with two attached hydrogens (primary N) is 2. The molecule has 2 atom stereocenters. The Morgan fingerprint density at radius 1 is 0.650 bits per heavy atom. The van der Waals surface area contributed by atoms with Crippen LogP contribution in [-0.2, 0) is 12.8 Å². The van der Waals surface area contributed by atoms with E-state index in [1.807, 2.05) is 50.2 Å². The second kappa shape index (κ2) is 9.29. The van der Waals surface area contributed by atoms with E-state index in [0.29, 0.717) is 0 Å². The third-order valence-electron chi connectivity index (χ3n) is 2.80. The molecule has 2 aromatic rings. The molecule has 0 unspecified atom stereocenters. The average Bonchev–Trinajstić information content (AvgIpc) is 2.40. The summed E-state index contributed by atoms with van der Waals surface area (Å²) in [6.07, 6.45) is 1.95. The van der Waals surface area contributed by atoms with Crippen LogP contribution in [0.1, 0.15) is 25.0 Å². The van der Waals surface area contributed by atoms with E-state index in [0.717, 1.165) is 12.8 Å². The van der Waals surface area contributed by atoms with E-state index in [2.05, 4.69) is 24.3 Å². The molecule has 0 radical (unpaired) electrons. The fraction of sp³-hybridized carbons (Fsp3) is 0.333. The van der Waals surface area contributed by atoms with Crippen LogP contribution in [0.4, 0.5) is 0 Å². The van der Waals surface area contributed by atoms with Crippen molar-refractivity contribution in [2.45, 2.75) is 38.8 Å². The quantitative estimate of drug-likeness (QED) is 0.896. The van der Waals surface area contributed by atoms with Crippen molar-refractivity contribution in [2.24, 2.45) is 11.5 Å². The van der Waals surface area contributed by atoms with E-state index in [1.165, 1.54) is 11.1 Å². The fourth-order valence-electron chi connectivity index (χ4n) is 1.97. The summed E-state index contributed by atoms with van der Waals surface area (Å²) in [5.41, 5.74) is 13.9. The Bertz CT molecular complexity index is 404. The molecule has 0 saturated heterocycles. The molecule has 0 bridgehead atoms. The van der Waals surface area contributed by atoms with Gasteiger partial charge in [-0.3, -0.25) is 0 Å². The van der Waals surface area contributed by atoms with Crippen LogP contribution in [-0.4, -0.2) is 12.1 Å². The minimum absolute atomic E-state index is 0.266. The maximum absolute atomic E-state index is 5.62.